The molecule has 138 valence electrons. The van der Waals surface area contributed by atoms with Crippen molar-refractivity contribution in [2.24, 2.45) is 0 Å². The van der Waals surface area contributed by atoms with E-state index in [4.69, 9.17) is 4.74 Å². The van der Waals surface area contributed by atoms with E-state index in [0.717, 1.165) is 20.1 Å². The number of benzene rings is 2. The fourth-order valence-electron chi connectivity index (χ4n) is 2.25. The minimum absolute atomic E-state index is 0.0330. The zero-order valence-electron chi connectivity index (χ0n) is 14.8. The number of nitrogens with zero attached hydrogens (tertiary/aromatic N) is 1. The van der Waals surface area contributed by atoms with Crippen molar-refractivity contribution in [3.05, 3.63) is 56.5 Å². The van der Waals surface area contributed by atoms with Crippen LogP contribution in [-0.4, -0.2) is 37.4 Å². The van der Waals surface area contributed by atoms with Gasteiger partial charge >= 0.3 is 0 Å². The quantitative estimate of drug-likeness (QED) is 0.670. The third-order valence-corrected chi connectivity index (χ3v) is 4.68. The summed E-state index contributed by atoms with van der Waals surface area (Å²) < 4.78 is 7.35. The maximum Gasteiger partial charge on any atom is 0.262 e. The predicted octanol–water partition coefficient (Wildman–Crippen LogP) is 4.17. The van der Waals surface area contributed by atoms with Crippen LogP contribution in [0.25, 0.3) is 0 Å². The van der Waals surface area contributed by atoms with E-state index in [-0.39, 0.29) is 18.4 Å². The smallest absolute Gasteiger partial charge is 0.262 e. The van der Waals surface area contributed by atoms with E-state index in [0.29, 0.717) is 17.9 Å². The number of rotatable bonds is 6. The summed E-state index contributed by atoms with van der Waals surface area (Å²) in [6.07, 6.45) is 0.335. The van der Waals surface area contributed by atoms with Crippen LogP contribution in [-0.2, 0) is 16.0 Å². The summed E-state index contributed by atoms with van der Waals surface area (Å²) in [5.41, 5.74) is 2.48. The number of aryl methyl sites for hydroxylation is 1. The van der Waals surface area contributed by atoms with Crippen LogP contribution in [0, 0.1) is 6.92 Å². The van der Waals surface area contributed by atoms with Crippen molar-refractivity contribution in [3.8, 4) is 5.75 Å². The molecule has 26 heavy (non-hydrogen) atoms. The molecular weight excluding hydrogens is 464 g/mol. The monoisotopic (exact) mass is 482 g/mol. The van der Waals surface area contributed by atoms with Crippen LogP contribution in [0.2, 0.25) is 0 Å². The van der Waals surface area contributed by atoms with Gasteiger partial charge in [0.1, 0.15) is 5.75 Å². The number of carbonyl (C=O) groups is 2. The maximum absolute atomic E-state index is 12.1. The Hall–Kier alpha value is -1.86. The molecule has 0 atom stereocenters. The molecule has 2 rings (SSSR count). The number of halogens is 2. The Morgan fingerprint density at radius 3 is 2.35 bits per heavy atom. The SMILES string of the molecule is Cc1cc(Br)cc(Br)c1OCC(=O)Nc1ccc(CC(=O)N(C)C)cc1. The van der Waals surface area contributed by atoms with E-state index in [9.17, 15) is 9.59 Å². The fourth-order valence-corrected chi connectivity index (χ4v) is 3.80. The van der Waals surface area contributed by atoms with Crippen molar-refractivity contribution in [3.63, 3.8) is 0 Å². The largest absolute Gasteiger partial charge is 0.482 e. The molecule has 2 aromatic carbocycles. The Balaban J connectivity index is 1.91. The van der Waals surface area contributed by atoms with Gasteiger partial charge in [0.25, 0.3) is 5.91 Å². The van der Waals surface area contributed by atoms with Crippen molar-refractivity contribution in [1.82, 2.24) is 4.90 Å². The lowest BCUT2D eigenvalue weighted by Gasteiger charge is -2.12. The van der Waals surface area contributed by atoms with Gasteiger partial charge in [-0.05, 0) is 58.2 Å². The number of anilines is 1. The van der Waals surface area contributed by atoms with Gasteiger partial charge in [-0.3, -0.25) is 9.59 Å². The van der Waals surface area contributed by atoms with Gasteiger partial charge in [0.2, 0.25) is 5.91 Å². The third kappa shape index (κ3) is 5.85. The molecule has 0 aliphatic rings. The summed E-state index contributed by atoms with van der Waals surface area (Å²) in [5, 5.41) is 2.78. The number of hydrogen-bond donors (Lipinski definition) is 1. The molecule has 0 saturated carbocycles. The van der Waals surface area contributed by atoms with Crippen molar-refractivity contribution < 1.29 is 14.3 Å². The molecule has 5 nitrogen and oxygen atoms in total. The van der Waals surface area contributed by atoms with Gasteiger partial charge in [0, 0.05) is 24.3 Å². The van der Waals surface area contributed by atoms with E-state index in [2.05, 4.69) is 37.2 Å². The van der Waals surface area contributed by atoms with Crippen LogP contribution in [0.3, 0.4) is 0 Å². The summed E-state index contributed by atoms with van der Waals surface area (Å²) in [6, 6.07) is 11.0. The average molecular weight is 484 g/mol. The highest BCUT2D eigenvalue weighted by atomic mass is 79.9. The number of carbonyl (C=O) groups excluding carboxylic acids is 2. The highest BCUT2D eigenvalue weighted by molar-refractivity contribution is 9.11. The molecular formula is C19H20Br2N2O3. The molecule has 0 aliphatic heterocycles. The second-order valence-corrected chi connectivity index (χ2v) is 7.80. The standard InChI is InChI=1S/C19H20Br2N2O3/c1-12-8-14(20)10-16(21)19(12)26-11-17(24)22-15-6-4-13(5-7-15)9-18(25)23(2)3/h4-8,10H,9,11H2,1-3H3,(H,22,24). The van der Waals surface area contributed by atoms with Gasteiger partial charge in [-0.15, -0.1) is 0 Å². The van der Waals surface area contributed by atoms with E-state index in [1.165, 1.54) is 0 Å². The average Bonchev–Trinajstić information content (AvgIpc) is 2.55. The van der Waals surface area contributed by atoms with Crippen molar-refractivity contribution in [2.75, 3.05) is 26.0 Å². The summed E-state index contributed by atoms with van der Waals surface area (Å²) >= 11 is 6.85. The zero-order valence-corrected chi connectivity index (χ0v) is 18.0. The molecule has 1 N–H and O–H groups in total. The summed E-state index contributed by atoms with van der Waals surface area (Å²) in [7, 11) is 3.45. The van der Waals surface area contributed by atoms with Crippen molar-refractivity contribution in [1.29, 1.82) is 0 Å². The van der Waals surface area contributed by atoms with E-state index in [1.54, 1.807) is 31.1 Å². The molecule has 0 bridgehead atoms. The normalized spacial score (nSPS) is 10.3. The first-order chi connectivity index (χ1) is 12.3. The van der Waals surface area contributed by atoms with Crippen LogP contribution >= 0.6 is 31.9 Å². The Kier molecular flexibility index (Phi) is 7.23. The lowest BCUT2D eigenvalue weighted by molar-refractivity contribution is -0.128. The summed E-state index contributed by atoms with van der Waals surface area (Å²) in [5.74, 6) is 0.419. The molecule has 0 saturated heterocycles. The zero-order chi connectivity index (χ0) is 19.3. The fraction of sp³-hybridized carbons (Fsp3) is 0.263. The highest BCUT2D eigenvalue weighted by Gasteiger charge is 2.10. The van der Waals surface area contributed by atoms with E-state index >= 15 is 0 Å². The second kappa shape index (κ2) is 9.19. The Labute approximate surface area is 170 Å². The third-order valence-electron chi connectivity index (χ3n) is 3.63. The topological polar surface area (TPSA) is 58.6 Å². The number of likely N-dealkylation sites (N-methyl/N-ethyl adjacent to an activating group) is 1. The van der Waals surface area contributed by atoms with Crippen LogP contribution in [0.5, 0.6) is 5.75 Å². The van der Waals surface area contributed by atoms with Gasteiger partial charge in [0.05, 0.1) is 10.9 Å². The van der Waals surface area contributed by atoms with Crippen molar-refractivity contribution >= 4 is 49.4 Å². The van der Waals surface area contributed by atoms with Crippen molar-refractivity contribution in [2.45, 2.75) is 13.3 Å². The second-order valence-electron chi connectivity index (χ2n) is 6.03. The van der Waals surface area contributed by atoms with Gasteiger partial charge < -0.3 is 15.0 Å². The lowest BCUT2D eigenvalue weighted by Crippen LogP contribution is -2.23. The molecule has 0 heterocycles. The molecule has 0 fully saturated rings. The first-order valence-corrected chi connectivity index (χ1v) is 9.52. The van der Waals surface area contributed by atoms with Crippen LogP contribution in [0.4, 0.5) is 5.69 Å². The summed E-state index contributed by atoms with van der Waals surface area (Å²) in [6.45, 7) is 1.82. The molecule has 2 aromatic rings. The molecule has 0 aliphatic carbocycles. The Morgan fingerprint density at radius 2 is 1.77 bits per heavy atom. The summed E-state index contributed by atoms with van der Waals surface area (Å²) in [4.78, 5) is 25.4. The highest BCUT2D eigenvalue weighted by Crippen LogP contribution is 2.32. The van der Waals surface area contributed by atoms with E-state index in [1.807, 2.05) is 31.2 Å². The van der Waals surface area contributed by atoms with Crippen LogP contribution in [0.1, 0.15) is 11.1 Å². The molecule has 0 spiro atoms. The van der Waals surface area contributed by atoms with Gasteiger partial charge in [0.15, 0.2) is 6.61 Å². The minimum Gasteiger partial charge on any atom is -0.482 e. The first-order valence-electron chi connectivity index (χ1n) is 7.93. The number of hydrogen-bond acceptors (Lipinski definition) is 3. The lowest BCUT2D eigenvalue weighted by atomic mass is 10.1. The number of ether oxygens (including phenoxy) is 1. The van der Waals surface area contributed by atoms with E-state index < -0.39 is 0 Å². The maximum atomic E-state index is 12.1. The number of nitrogens with one attached hydrogen (secondary N) is 1. The first kappa shape index (κ1) is 20.5. The van der Waals surface area contributed by atoms with Crippen LogP contribution in [0.15, 0.2) is 45.3 Å². The Bertz CT molecular complexity index is 782. The molecule has 0 radical (unpaired) electrons. The molecule has 0 aromatic heterocycles. The Morgan fingerprint density at radius 1 is 1.12 bits per heavy atom. The minimum atomic E-state index is -0.253. The molecule has 0 unspecified atom stereocenters. The van der Waals surface area contributed by atoms with Gasteiger partial charge in [-0.25, -0.2) is 0 Å². The van der Waals surface area contributed by atoms with Gasteiger partial charge in [-0.2, -0.15) is 0 Å². The predicted molar refractivity (Wildman–Crippen MR) is 110 cm³/mol. The molecule has 7 heteroatoms. The van der Waals surface area contributed by atoms with Gasteiger partial charge in [-0.1, -0.05) is 28.1 Å². The molecule has 2 amide bonds. The number of amides is 2. The van der Waals surface area contributed by atoms with Crippen LogP contribution < -0.4 is 10.1 Å².